The molecule has 0 radical (unpaired) electrons. The van der Waals surface area contributed by atoms with E-state index in [0.717, 1.165) is 6.42 Å². The molecule has 1 rings (SSSR count). The van der Waals surface area contributed by atoms with Crippen molar-refractivity contribution in [2.45, 2.75) is 39.5 Å². The predicted octanol–water partition coefficient (Wildman–Crippen LogP) is 2.58. The Hall–Kier alpha value is -1.35. The number of carbonyl (C=O) groups excluding carboxylic acids is 1. The standard InChI is InChI=1S/C16H25NO2/c1-4-17(11-12-18)16(19)10-7-14-5-8-15(9-6-14)13(2)3/h5-6,8-9,13,18H,4,7,10-12H2,1-3H3. The normalized spacial score (nSPS) is 10.8. The van der Waals surface area contributed by atoms with Crippen LogP contribution in [0.2, 0.25) is 0 Å². The van der Waals surface area contributed by atoms with Crippen molar-refractivity contribution in [3.63, 3.8) is 0 Å². The van der Waals surface area contributed by atoms with Crippen LogP contribution in [0.5, 0.6) is 0 Å². The number of hydrogen-bond donors (Lipinski definition) is 1. The second kappa shape index (κ2) is 7.95. The number of benzene rings is 1. The van der Waals surface area contributed by atoms with Crippen LogP contribution < -0.4 is 0 Å². The lowest BCUT2D eigenvalue weighted by Gasteiger charge is -2.19. The lowest BCUT2D eigenvalue weighted by atomic mass is 10.0. The fraction of sp³-hybridized carbons (Fsp3) is 0.562. The predicted molar refractivity (Wildman–Crippen MR) is 78.2 cm³/mol. The maximum Gasteiger partial charge on any atom is 0.222 e. The minimum atomic E-state index is 0.0304. The van der Waals surface area contributed by atoms with E-state index in [1.807, 2.05) is 6.92 Å². The van der Waals surface area contributed by atoms with Gasteiger partial charge in [-0.15, -0.1) is 0 Å². The lowest BCUT2D eigenvalue weighted by molar-refractivity contribution is -0.131. The van der Waals surface area contributed by atoms with Gasteiger partial charge in [0.2, 0.25) is 5.91 Å². The zero-order valence-corrected chi connectivity index (χ0v) is 12.2. The summed E-state index contributed by atoms with van der Waals surface area (Å²) in [4.78, 5) is 13.6. The summed E-state index contributed by atoms with van der Waals surface area (Å²) in [7, 11) is 0. The van der Waals surface area contributed by atoms with Gasteiger partial charge >= 0.3 is 0 Å². The summed E-state index contributed by atoms with van der Waals surface area (Å²) in [5.41, 5.74) is 2.52. The van der Waals surface area contributed by atoms with Gasteiger partial charge in [-0.2, -0.15) is 0 Å². The highest BCUT2D eigenvalue weighted by Gasteiger charge is 2.10. The number of amides is 1. The number of carbonyl (C=O) groups is 1. The molecule has 0 unspecified atom stereocenters. The second-order valence-corrected chi connectivity index (χ2v) is 5.09. The first-order valence-electron chi connectivity index (χ1n) is 7.06. The van der Waals surface area contributed by atoms with Gasteiger partial charge in [-0.05, 0) is 30.4 Å². The molecule has 3 heteroatoms. The van der Waals surface area contributed by atoms with E-state index in [1.54, 1.807) is 4.90 Å². The van der Waals surface area contributed by atoms with E-state index < -0.39 is 0 Å². The summed E-state index contributed by atoms with van der Waals surface area (Å²) >= 11 is 0. The molecule has 0 fully saturated rings. The van der Waals surface area contributed by atoms with Crippen molar-refractivity contribution in [1.82, 2.24) is 4.90 Å². The highest BCUT2D eigenvalue weighted by atomic mass is 16.3. The van der Waals surface area contributed by atoms with E-state index in [-0.39, 0.29) is 12.5 Å². The summed E-state index contributed by atoms with van der Waals surface area (Å²) in [6, 6.07) is 8.47. The Bertz CT molecular complexity index is 384. The van der Waals surface area contributed by atoms with Crippen LogP contribution in [0.15, 0.2) is 24.3 Å². The minimum absolute atomic E-state index is 0.0304. The number of aliphatic hydroxyl groups excluding tert-OH is 1. The number of hydrogen-bond acceptors (Lipinski definition) is 2. The molecule has 0 aliphatic heterocycles. The average Bonchev–Trinajstić information content (AvgIpc) is 2.42. The fourth-order valence-electron chi connectivity index (χ4n) is 2.06. The molecule has 0 spiro atoms. The van der Waals surface area contributed by atoms with Gasteiger partial charge in [-0.1, -0.05) is 38.1 Å². The maximum absolute atomic E-state index is 11.9. The van der Waals surface area contributed by atoms with Gasteiger partial charge in [0.25, 0.3) is 0 Å². The Morgan fingerprint density at radius 2 is 1.89 bits per heavy atom. The maximum atomic E-state index is 11.9. The van der Waals surface area contributed by atoms with Crippen LogP contribution >= 0.6 is 0 Å². The number of likely N-dealkylation sites (N-methyl/N-ethyl adjacent to an activating group) is 1. The average molecular weight is 263 g/mol. The molecule has 0 aliphatic carbocycles. The molecule has 0 aliphatic rings. The van der Waals surface area contributed by atoms with Crippen LogP contribution in [0.25, 0.3) is 0 Å². The second-order valence-electron chi connectivity index (χ2n) is 5.09. The lowest BCUT2D eigenvalue weighted by Crippen LogP contribution is -2.33. The molecular weight excluding hydrogens is 238 g/mol. The molecule has 1 N–H and O–H groups in total. The Morgan fingerprint density at radius 1 is 1.26 bits per heavy atom. The van der Waals surface area contributed by atoms with Crippen molar-refractivity contribution in [1.29, 1.82) is 0 Å². The molecule has 1 amide bonds. The summed E-state index contributed by atoms with van der Waals surface area (Å²) < 4.78 is 0. The highest BCUT2D eigenvalue weighted by Crippen LogP contribution is 2.15. The number of aryl methyl sites for hydroxylation is 1. The van der Waals surface area contributed by atoms with E-state index >= 15 is 0 Å². The van der Waals surface area contributed by atoms with Crippen molar-refractivity contribution < 1.29 is 9.90 Å². The number of aliphatic hydroxyl groups is 1. The molecule has 0 bridgehead atoms. The Morgan fingerprint density at radius 3 is 2.37 bits per heavy atom. The van der Waals surface area contributed by atoms with E-state index in [4.69, 9.17) is 5.11 Å². The largest absolute Gasteiger partial charge is 0.395 e. The third kappa shape index (κ3) is 5.03. The summed E-state index contributed by atoms with van der Waals surface area (Å²) in [5.74, 6) is 0.653. The molecule has 19 heavy (non-hydrogen) atoms. The molecule has 0 heterocycles. The zero-order valence-electron chi connectivity index (χ0n) is 12.2. The van der Waals surface area contributed by atoms with Crippen LogP contribution in [0, 0.1) is 0 Å². The first kappa shape index (κ1) is 15.7. The minimum Gasteiger partial charge on any atom is -0.395 e. The molecule has 0 saturated carbocycles. The van der Waals surface area contributed by atoms with Crippen molar-refractivity contribution in [2.75, 3.05) is 19.7 Å². The molecule has 106 valence electrons. The molecule has 1 aromatic carbocycles. The molecule has 0 saturated heterocycles. The van der Waals surface area contributed by atoms with E-state index in [2.05, 4.69) is 38.1 Å². The third-order valence-electron chi connectivity index (χ3n) is 3.38. The quantitative estimate of drug-likeness (QED) is 0.821. The topological polar surface area (TPSA) is 40.5 Å². The first-order valence-corrected chi connectivity index (χ1v) is 7.06. The fourth-order valence-corrected chi connectivity index (χ4v) is 2.06. The van der Waals surface area contributed by atoms with E-state index in [9.17, 15) is 4.79 Å². The van der Waals surface area contributed by atoms with E-state index in [1.165, 1.54) is 11.1 Å². The van der Waals surface area contributed by atoms with Crippen molar-refractivity contribution in [3.05, 3.63) is 35.4 Å². The van der Waals surface area contributed by atoms with Gasteiger partial charge in [0, 0.05) is 19.5 Å². The Balaban J connectivity index is 2.49. The molecule has 3 nitrogen and oxygen atoms in total. The van der Waals surface area contributed by atoms with Gasteiger partial charge in [0.15, 0.2) is 0 Å². The van der Waals surface area contributed by atoms with Crippen molar-refractivity contribution in [3.8, 4) is 0 Å². The van der Waals surface area contributed by atoms with Crippen molar-refractivity contribution in [2.24, 2.45) is 0 Å². The smallest absolute Gasteiger partial charge is 0.222 e. The molecular formula is C16H25NO2. The summed E-state index contributed by atoms with van der Waals surface area (Å²) in [6.45, 7) is 7.40. The Kier molecular flexibility index (Phi) is 6.57. The first-order chi connectivity index (χ1) is 9.08. The monoisotopic (exact) mass is 263 g/mol. The van der Waals surface area contributed by atoms with Crippen LogP contribution in [0.4, 0.5) is 0 Å². The third-order valence-corrected chi connectivity index (χ3v) is 3.38. The zero-order chi connectivity index (χ0) is 14.3. The number of nitrogens with zero attached hydrogens (tertiary/aromatic N) is 1. The highest BCUT2D eigenvalue weighted by molar-refractivity contribution is 5.76. The van der Waals surface area contributed by atoms with Gasteiger partial charge < -0.3 is 10.0 Å². The SMILES string of the molecule is CCN(CCO)C(=O)CCc1ccc(C(C)C)cc1. The summed E-state index contributed by atoms with van der Waals surface area (Å²) in [6.07, 6.45) is 1.27. The molecule has 1 aromatic rings. The molecule has 0 aromatic heterocycles. The van der Waals surface area contributed by atoms with Crippen LogP contribution in [0.1, 0.15) is 44.2 Å². The van der Waals surface area contributed by atoms with Crippen LogP contribution in [0.3, 0.4) is 0 Å². The van der Waals surface area contributed by atoms with E-state index in [0.29, 0.717) is 25.4 Å². The van der Waals surface area contributed by atoms with Crippen LogP contribution in [-0.2, 0) is 11.2 Å². The Labute approximate surface area is 116 Å². The van der Waals surface area contributed by atoms with Gasteiger partial charge in [0.05, 0.1) is 6.61 Å². The van der Waals surface area contributed by atoms with Crippen molar-refractivity contribution >= 4 is 5.91 Å². The van der Waals surface area contributed by atoms with Crippen LogP contribution in [-0.4, -0.2) is 35.6 Å². The van der Waals surface area contributed by atoms with Gasteiger partial charge in [-0.25, -0.2) is 0 Å². The number of rotatable bonds is 7. The van der Waals surface area contributed by atoms with Gasteiger partial charge in [0.1, 0.15) is 0 Å². The van der Waals surface area contributed by atoms with Gasteiger partial charge in [-0.3, -0.25) is 4.79 Å². The summed E-state index contributed by atoms with van der Waals surface area (Å²) in [5, 5.41) is 8.89. The molecule has 0 atom stereocenters.